The molecule has 0 bridgehead atoms. The van der Waals surface area contributed by atoms with Gasteiger partial charge in [-0.2, -0.15) is 0 Å². The predicted molar refractivity (Wildman–Crippen MR) is 74.6 cm³/mol. The molecule has 0 aromatic carbocycles. The van der Waals surface area contributed by atoms with Crippen molar-refractivity contribution in [2.75, 3.05) is 41.0 Å². The van der Waals surface area contributed by atoms with E-state index >= 15 is 0 Å². The lowest BCUT2D eigenvalue weighted by Gasteiger charge is -2.25. The maximum atomic E-state index is 10.9. The molecule has 0 fully saturated rings. The number of carbonyl (C=O) groups is 2. The van der Waals surface area contributed by atoms with Gasteiger partial charge in [-0.05, 0) is 25.8 Å². The van der Waals surface area contributed by atoms with E-state index in [1.54, 1.807) is 19.1 Å². The zero-order valence-corrected chi connectivity index (χ0v) is 12.5. The normalized spacial score (nSPS) is 13.7. The second kappa shape index (κ2) is 10.8. The fourth-order valence-corrected chi connectivity index (χ4v) is 2.02. The number of rotatable bonds is 12. The Bertz CT molecular complexity index is 251. The summed E-state index contributed by atoms with van der Waals surface area (Å²) < 4.78 is 5.12. The van der Waals surface area contributed by atoms with Gasteiger partial charge in [0.2, 0.25) is 12.8 Å². The van der Waals surface area contributed by atoms with Gasteiger partial charge in [-0.1, -0.05) is 6.92 Å². The minimum Gasteiger partial charge on any atom is -0.384 e. The average Bonchev–Trinajstić information content (AvgIpc) is 2.41. The van der Waals surface area contributed by atoms with E-state index in [-0.39, 0.29) is 0 Å². The van der Waals surface area contributed by atoms with Gasteiger partial charge in [0, 0.05) is 33.4 Å². The van der Waals surface area contributed by atoms with E-state index in [0.29, 0.717) is 31.6 Å². The van der Waals surface area contributed by atoms with Gasteiger partial charge in [-0.3, -0.25) is 9.59 Å². The zero-order valence-electron chi connectivity index (χ0n) is 12.5. The number of nitrogens with one attached hydrogen (secondary N) is 1. The molecular formula is C13H27N3O3. The molecule has 112 valence electrons. The summed E-state index contributed by atoms with van der Waals surface area (Å²) in [7, 11) is 5.28. The third-order valence-corrected chi connectivity index (χ3v) is 3.04. The fourth-order valence-electron chi connectivity index (χ4n) is 2.02. The van der Waals surface area contributed by atoms with E-state index in [2.05, 4.69) is 12.2 Å². The molecule has 0 aliphatic rings. The van der Waals surface area contributed by atoms with E-state index < -0.39 is 0 Å². The Morgan fingerprint density at radius 3 is 2.47 bits per heavy atom. The molecule has 0 saturated heterocycles. The lowest BCUT2D eigenvalue weighted by molar-refractivity contribution is -0.124. The SMILES string of the molecule is CNC(CCN(C=O)CN(C)C=O)CC(C)COC. The number of hydrogen-bond donors (Lipinski definition) is 1. The first-order valence-corrected chi connectivity index (χ1v) is 6.58. The van der Waals surface area contributed by atoms with Gasteiger partial charge < -0.3 is 19.9 Å². The van der Waals surface area contributed by atoms with Crippen LogP contribution in [-0.2, 0) is 14.3 Å². The third-order valence-electron chi connectivity index (χ3n) is 3.04. The van der Waals surface area contributed by atoms with Gasteiger partial charge >= 0.3 is 0 Å². The first-order chi connectivity index (χ1) is 9.07. The van der Waals surface area contributed by atoms with E-state index in [0.717, 1.165) is 25.9 Å². The highest BCUT2D eigenvalue weighted by molar-refractivity contribution is 5.50. The Labute approximate surface area is 116 Å². The summed E-state index contributed by atoms with van der Waals surface area (Å²) in [4.78, 5) is 24.5. The second-order valence-electron chi connectivity index (χ2n) is 4.99. The molecule has 0 rings (SSSR count). The maximum Gasteiger partial charge on any atom is 0.211 e. The van der Waals surface area contributed by atoms with Crippen molar-refractivity contribution in [3.05, 3.63) is 0 Å². The summed E-state index contributed by atoms with van der Waals surface area (Å²) >= 11 is 0. The standard InChI is InChI=1S/C13H27N3O3/c1-12(8-19-4)7-13(14-2)5-6-16(11-18)9-15(3)10-17/h10-14H,5-9H2,1-4H3. The molecule has 1 N–H and O–H groups in total. The van der Waals surface area contributed by atoms with Crippen molar-refractivity contribution >= 4 is 12.8 Å². The van der Waals surface area contributed by atoms with Crippen LogP contribution in [0.1, 0.15) is 19.8 Å². The molecule has 0 aromatic rings. The Morgan fingerprint density at radius 1 is 1.32 bits per heavy atom. The smallest absolute Gasteiger partial charge is 0.211 e. The van der Waals surface area contributed by atoms with E-state index in [4.69, 9.17) is 4.74 Å². The highest BCUT2D eigenvalue weighted by Gasteiger charge is 2.13. The Hall–Kier alpha value is -1.14. The summed E-state index contributed by atoms with van der Waals surface area (Å²) in [5.74, 6) is 0.477. The summed E-state index contributed by atoms with van der Waals surface area (Å²) in [6.07, 6.45) is 3.36. The molecule has 0 heterocycles. The highest BCUT2D eigenvalue weighted by atomic mass is 16.5. The molecule has 0 radical (unpaired) electrons. The second-order valence-corrected chi connectivity index (χ2v) is 4.99. The minimum absolute atomic E-state index is 0.330. The van der Waals surface area contributed by atoms with Crippen molar-refractivity contribution in [1.82, 2.24) is 15.1 Å². The molecular weight excluding hydrogens is 246 g/mol. The number of nitrogens with zero attached hydrogens (tertiary/aromatic N) is 2. The first kappa shape index (κ1) is 17.9. The maximum absolute atomic E-state index is 10.9. The molecule has 0 spiro atoms. The van der Waals surface area contributed by atoms with Crippen molar-refractivity contribution in [3.8, 4) is 0 Å². The highest BCUT2D eigenvalue weighted by Crippen LogP contribution is 2.09. The van der Waals surface area contributed by atoms with Crippen LogP contribution in [0.2, 0.25) is 0 Å². The largest absolute Gasteiger partial charge is 0.384 e. The lowest BCUT2D eigenvalue weighted by atomic mass is 10.00. The Kier molecular flexibility index (Phi) is 10.1. The molecule has 2 atom stereocenters. The average molecular weight is 273 g/mol. The van der Waals surface area contributed by atoms with Crippen LogP contribution in [0.25, 0.3) is 0 Å². The van der Waals surface area contributed by atoms with Crippen LogP contribution in [-0.4, -0.2) is 69.7 Å². The van der Waals surface area contributed by atoms with Gasteiger partial charge in [-0.25, -0.2) is 0 Å². The van der Waals surface area contributed by atoms with Gasteiger partial charge in [-0.15, -0.1) is 0 Å². The molecule has 0 aromatic heterocycles. The number of ether oxygens (including phenoxy) is 1. The number of amides is 2. The fraction of sp³-hybridized carbons (Fsp3) is 0.846. The van der Waals surface area contributed by atoms with Crippen LogP contribution in [0.3, 0.4) is 0 Å². The minimum atomic E-state index is 0.330. The predicted octanol–water partition coefficient (Wildman–Crippen LogP) is 0.141. The molecule has 2 amide bonds. The van der Waals surface area contributed by atoms with Gasteiger partial charge in [0.1, 0.15) is 0 Å². The monoisotopic (exact) mass is 273 g/mol. The topological polar surface area (TPSA) is 61.9 Å². The van der Waals surface area contributed by atoms with E-state index in [1.165, 1.54) is 4.90 Å². The summed E-state index contributed by atoms with van der Waals surface area (Å²) in [5, 5.41) is 3.26. The third kappa shape index (κ3) is 8.56. The van der Waals surface area contributed by atoms with Crippen LogP contribution in [0, 0.1) is 5.92 Å². The molecule has 2 unspecified atom stereocenters. The molecule has 0 saturated carbocycles. The molecule has 0 aliphatic heterocycles. The van der Waals surface area contributed by atoms with Crippen LogP contribution < -0.4 is 5.32 Å². The van der Waals surface area contributed by atoms with Gasteiger partial charge in [0.05, 0.1) is 6.67 Å². The van der Waals surface area contributed by atoms with Gasteiger partial charge in [0.25, 0.3) is 0 Å². The van der Waals surface area contributed by atoms with Crippen LogP contribution in [0.4, 0.5) is 0 Å². The quantitative estimate of drug-likeness (QED) is 0.406. The van der Waals surface area contributed by atoms with Crippen molar-refractivity contribution in [3.63, 3.8) is 0 Å². The van der Waals surface area contributed by atoms with Crippen molar-refractivity contribution in [2.24, 2.45) is 5.92 Å². The molecule has 6 nitrogen and oxygen atoms in total. The zero-order chi connectivity index (χ0) is 14.7. The van der Waals surface area contributed by atoms with Crippen molar-refractivity contribution in [1.29, 1.82) is 0 Å². The lowest BCUT2D eigenvalue weighted by Crippen LogP contribution is -2.38. The van der Waals surface area contributed by atoms with Crippen LogP contribution in [0.5, 0.6) is 0 Å². The summed E-state index contributed by atoms with van der Waals surface area (Å²) in [6, 6.07) is 0.342. The molecule has 6 heteroatoms. The van der Waals surface area contributed by atoms with E-state index in [9.17, 15) is 9.59 Å². The molecule has 0 aliphatic carbocycles. The van der Waals surface area contributed by atoms with Crippen LogP contribution >= 0.6 is 0 Å². The number of carbonyl (C=O) groups excluding carboxylic acids is 2. The van der Waals surface area contributed by atoms with Crippen molar-refractivity contribution in [2.45, 2.75) is 25.8 Å². The summed E-state index contributed by atoms with van der Waals surface area (Å²) in [6.45, 7) is 3.85. The first-order valence-electron chi connectivity index (χ1n) is 6.58. The molecule has 19 heavy (non-hydrogen) atoms. The van der Waals surface area contributed by atoms with Gasteiger partial charge in [0.15, 0.2) is 0 Å². The number of methoxy groups -OCH3 is 1. The van der Waals surface area contributed by atoms with Crippen molar-refractivity contribution < 1.29 is 14.3 Å². The Morgan fingerprint density at radius 2 is 2.00 bits per heavy atom. The number of hydrogen-bond acceptors (Lipinski definition) is 4. The van der Waals surface area contributed by atoms with Crippen LogP contribution in [0.15, 0.2) is 0 Å². The van der Waals surface area contributed by atoms with E-state index in [1.807, 2.05) is 7.05 Å². The summed E-state index contributed by atoms with van der Waals surface area (Å²) in [5.41, 5.74) is 0. The Balaban J connectivity index is 4.08.